The molecule has 2 N–H and O–H groups in total. The standard InChI is InChI=1S/C53H58N8O5S2/c1-28-31(4)68-52-44(28)45(56-41(26-43(62)66-9)48-59-58-32(5)61(48)52)37-20-16-35(17-21-37)34-14-18-36(19-15-34)39-25-40(39)49(63)57-47(53(6,7)8)51(65)60-24-10-11-42(60)50(64)55-29(2)33-12-22-38(23-13-33)46-30(3)54-27-67-46/h12-23,27,29,39-42,47H,10-11,24-26H2,1-9H3,(H,55,64)(H,57,63)/t29-,39-,40+,41-,42-,47?/m0/s1. The lowest BCUT2D eigenvalue weighted by atomic mass is 9.85. The van der Waals surface area contributed by atoms with Gasteiger partial charge in [0.25, 0.3) is 0 Å². The van der Waals surface area contributed by atoms with Crippen LogP contribution < -0.4 is 10.6 Å². The molecule has 0 bridgehead atoms. The van der Waals surface area contributed by atoms with Crippen LogP contribution in [0.15, 0.2) is 83.3 Å². The number of benzene rings is 3. The predicted octanol–water partition coefficient (Wildman–Crippen LogP) is 9.31. The molecule has 2 aliphatic heterocycles. The number of nitrogens with zero attached hydrogens (tertiary/aromatic N) is 6. The molecule has 0 radical (unpaired) electrons. The summed E-state index contributed by atoms with van der Waals surface area (Å²) < 4.78 is 7.08. The maximum Gasteiger partial charge on any atom is 0.308 e. The Morgan fingerprint density at radius 3 is 2.16 bits per heavy atom. The van der Waals surface area contributed by atoms with Gasteiger partial charge in [0, 0.05) is 28.5 Å². The summed E-state index contributed by atoms with van der Waals surface area (Å²) in [6.07, 6.45) is 2.02. The zero-order valence-electron chi connectivity index (χ0n) is 40.0. The fraction of sp³-hybridized carbons (Fsp3) is 0.396. The molecular formula is C53H58N8O5S2. The number of hydrogen-bond donors (Lipinski definition) is 2. The van der Waals surface area contributed by atoms with Crippen LogP contribution >= 0.6 is 22.7 Å². The maximum atomic E-state index is 14.3. The predicted molar refractivity (Wildman–Crippen MR) is 266 cm³/mol. The topological polar surface area (TPSA) is 161 Å². The lowest BCUT2D eigenvalue weighted by molar-refractivity contribution is -0.144. The van der Waals surface area contributed by atoms with Crippen LogP contribution in [0, 0.1) is 39.0 Å². The van der Waals surface area contributed by atoms with Gasteiger partial charge in [0.2, 0.25) is 17.7 Å². The number of thiazole rings is 1. The first-order valence-corrected chi connectivity index (χ1v) is 25.0. The van der Waals surface area contributed by atoms with Gasteiger partial charge in [-0.25, -0.2) is 4.98 Å². The van der Waals surface area contributed by atoms with E-state index in [2.05, 4.69) is 100 Å². The molecule has 6 atom stereocenters. The third-order valence-electron chi connectivity index (χ3n) is 13.8. The summed E-state index contributed by atoms with van der Waals surface area (Å²) in [7, 11) is 1.38. The lowest BCUT2D eigenvalue weighted by Gasteiger charge is -2.35. The van der Waals surface area contributed by atoms with Crippen LogP contribution in [0.3, 0.4) is 0 Å². The number of aliphatic imine (C=N–C) groups is 1. The van der Waals surface area contributed by atoms with Gasteiger partial charge in [-0.3, -0.25) is 28.7 Å². The van der Waals surface area contributed by atoms with Crippen LogP contribution in [0.4, 0.5) is 0 Å². The van der Waals surface area contributed by atoms with Crippen molar-refractivity contribution in [3.63, 3.8) is 0 Å². The summed E-state index contributed by atoms with van der Waals surface area (Å²) in [5.41, 5.74) is 11.3. The fourth-order valence-electron chi connectivity index (χ4n) is 9.62. The number of likely N-dealkylation sites (tertiary alicyclic amines) is 1. The van der Waals surface area contributed by atoms with E-state index < -0.39 is 23.5 Å². The average Bonchev–Trinajstić information content (AvgIpc) is 3.54. The van der Waals surface area contributed by atoms with E-state index in [1.807, 2.05) is 63.8 Å². The monoisotopic (exact) mass is 950 g/mol. The van der Waals surface area contributed by atoms with Gasteiger partial charge >= 0.3 is 5.97 Å². The van der Waals surface area contributed by atoms with E-state index in [1.165, 1.54) is 12.0 Å². The molecule has 3 aromatic carbocycles. The third kappa shape index (κ3) is 9.05. The van der Waals surface area contributed by atoms with Crippen LogP contribution in [-0.4, -0.2) is 79.8 Å². The smallest absolute Gasteiger partial charge is 0.308 e. The molecule has 3 amide bonds. The quantitative estimate of drug-likeness (QED) is 0.115. The van der Waals surface area contributed by atoms with E-state index in [-0.39, 0.29) is 48.0 Å². The minimum atomic E-state index is -0.791. The molecule has 15 heteroatoms. The summed E-state index contributed by atoms with van der Waals surface area (Å²) in [6, 6.07) is 22.6. The first kappa shape index (κ1) is 46.8. The van der Waals surface area contributed by atoms with Gasteiger partial charge < -0.3 is 20.3 Å². The number of carbonyl (C=O) groups is 4. The molecule has 6 aromatic rings. The second-order valence-corrected chi connectivity index (χ2v) is 21.5. The van der Waals surface area contributed by atoms with Gasteiger partial charge in [0.05, 0.1) is 41.4 Å². The Hall–Kier alpha value is -6.32. The van der Waals surface area contributed by atoms with Gasteiger partial charge in [0.15, 0.2) is 5.82 Å². The number of rotatable bonds is 12. The minimum Gasteiger partial charge on any atom is -0.469 e. The zero-order chi connectivity index (χ0) is 48.2. The molecule has 352 valence electrons. The zero-order valence-corrected chi connectivity index (χ0v) is 41.7. The van der Waals surface area contributed by atoms with E-state index in [1.54, 1.807) is 27.6 Å². The van der Waals surface area contributed by atoms with Crippen molar-refractivity contribution in [3.05, 3.63) is 128 Å². The van der Waals surface area contributed by atoms with E-state index in [0.717, 1.165) is 71.6 Å². The molecule has 1 saturated carbocycles. The Balaban J connectivity index is 0.847. The minimum absolute atomic E-state index is 0.0413. The van der Waals surface area contributed by atoms with Gasteiger partial charge in [-0.2, -0.15) is 0 Å². The van der Waals surface area contributed by atoms with Crippen molar-refractivity contribution in [1.29, 1.82) is 0 Å². The number of aryl methyl sites for hydroxylation is 3. The summed E-state index contributed by atoms with van der Waals surface area (Å²) in [5, 5.41) is 16.1. The number of nitrogens with one attached hydrogen (secondary N) is 2. The second-order valence-electron chi connectivity index (χ2n) is 19.4. The number of hydrogen-bond acceptors (Lipinski definition) is 11. The van der Waals surface area contributed by atoms with Crippen molar-refractivity contribution in [2.75, 3.05) is 13.7 Å². The van der Waals surface area contributed by atoms with Crippen molar-refractivity contribution >= 4 is 52.1 Å². The van der Waals surface area contributed by atoms with Crippen LogP contribution in [-0.2, 0) is 23.9 Å². The van der Waals surface area contributed by atoms with Gasteiger partial charge in [-0.15, -0.1) is 32.9 Å². The summed E-state index contributed by atoms with van der Waals surface area (Å²) >= 11 is 3.27. The number of esters is 1. The van der Waals surface area contributed by atoms with Gasteiger partial charge in [-0.1, -0.05) is 93.6 Å². The van der Waals surface area contributed by atoms with E-state index in [0.29, 0.717) is 31.6 Å². The summed E-state index contributed by atoms with van der Waals surface area (Å²) in [4.78, 5) is 68.2. The van der Waals surface area contributed by atoms with Crippen LogP contribution in [0.5, 0.6) is 0 Å². The Bertz CT molecular complexity index is 2930. The molecule has 3 aliphatic rings. The highest BCUT2D eigenvalue weighted by molar-refractivity contribution is 7.15. The summed E-state index contributed by atoms with van der Waals surface area (Å²) in [6.45, 7) is 16.4. The number of aromatic nitrogens is 4. The second kappa shape index (κ2) is 18.6. The van der Waals surface area contributed by atoms with Crippen LogP contribution in [0.25, 0.3) is 26.6 Å². The van der Waals surface area contributed by atoms with Gasteiger partial charge in [-0.05, 0) is 98.6 Å². The average molecular weight is 951 g/mol. The Kier molecular flexibility index (Phi) is 12.8. The first-order chi connectivity index (χ1) is 32.5. The SMILES string of the molecule is COC(=O)C[C@@H]1N=C(c2ccc(-c3ccc([C@@H]4C[C@H]4C(=O)NC(C(=O)N4CCC[C@H]4C(=O)N[C@@H](C)c4ccc(-c5scnc5C)cc4)C(C)(C)C)cc3)cc2)c2c(sc(C)c2C)-n2c(C)nnc21. The Morgan fingerprint density at radius 1 is 0.853 bits per heavy atom. The number of ether oxygens (including phenoxy) is 1. The molecule has 9 rings (SSSR count). The van der Waals surface area contributed by atoms with Gasteiger partial charge in [0.1, 0.15) is 29.0 Å². The van der Waals surface area contributed by atoms with Crippen molar-refractivity contribution in [1.82, 2.24) is 35.3 Å². The Labute approximate surface area is 405 Å². The van der Waals surface area contributed by atoms with Crippen molar-refractivity contribution in [2.45, 2.75) is 111 Å². The number of fused-ring (bicyclic) bond motifs is 3. The molecule has 2 fully saturated rings. The molecule has 5 heterocycles. The number of amides is 3. The lowest BCUT2D eigenvalue weighted by Crippen LogP contribution is -2.58. The van der Waals surface area contributed by atoms with E-state index in [9.17, 15) is 19.2 Å². The highest BCUT2D eigenvalue weighted by Crippen LogP contribution is 2.48. The van der Waals surface area contributed by atoms with E-state index in [4.69, 9.17) is 9.73 Å². The molecule has 1 saturated heterocycles. The molecule has 0 spiro atoms. The summed E-state index contributed by atoms with van der Waals surface area (Å²) in [5.74, 6) is 0.219. The van der Waals surface area contributed by atoms with Crippen molar-refractivity contribution in [3.8, 4) is 26.6 Å². The van der Waals surface area contributed by atoms with Crippen molar-refractivity contribution < 1.29 is 23.9 Å². The number of methoxy groups -OCH3 is 1. The number of thiophene rings is 1. The molecular weight excluding hydrogens is 893 g/mol. The maximum absolute atomic E-state index is 14.3. The van der Waals surface area contributed by atoms with E-state index >= 15 is 0 Å². The fourth-order valence-corrected chi connectivity index (χ4v) is 11.6. The largest absolute Gasteiger partial charge is 0.469 e. The highest BCUT2D eigenvalue weighted by atomic mass is 32.1. The molecule has 68 heavy (non-hydrogen) atoms. The Morgan fingerprint density at radius 2 is 1.51 bits per heavy atom. The molecule has 13 nitrogen and oxygen atoms in total. The molecule has 3 aromatic heterocycles. The number of carbonyl (C=O) groups excluding carboxylic acids is 4. The first-order valence-electron chi connectivity index (χ1n) is 23.3. The third-order valence-corrected chi connectivity index (χ3v) is 16.0. The van der Waals surface area contributed by atoms with Crippen LogP contribution in [0.2, 0.25) is 0 Å². The van der Waals surface area contributed by atoms with Crippen molar-refractivity contribution in [2.24, 2.45) is 16.3 Å². The molecule has 1 aliphatic carbocycles. The normalized spacial score (nSPS) is 19.5. The highest BCUT2D eigenvalue weighted by Gasteiger charge is 2.48. The van der Waals surface area contributed by atoms with Crippen LogP contribution in [0.1, 0.15) is 121 Å². The molecule has 1 unspecified atom stereocenters.